The topological polar surface area (TPSA) is 35.6 Å². The largest absolute Gasteiger partial charge is 0.378 e. The third-order valence-corrected chi connectivity index (χ3v) is 5.53. The second-order valence-electron chi connectivity index (χ2n) is 7.76. The van der Waals surface area contributed by atoms with Gasteiger partial charge in [-0.1, -0.05) is 36.4 Å². The molecule has 1 aliphatic rings. The van der Waals surface area contributed by atoms with Crippen molar-refractivity contribution in [2.75, 3.05) is 32.1 Å². The molecular formula is C23H31N3O. The molecule has 0 bridgehead atoms. The quantitative estimate of drug-likeness (QED) is 0.850. The minimum atomic E-state index is 0.138. The third kappa shape index (κ3) is 5.33. The van der Waals surface area contributed by atoms with Crippen molar-refractivity contribution in [3.8, 4) is 0 Å². The molecule has 0 atom stereocenters. The minimum Gasteiger partial charge on any atom is -0.378 e. The summed E-state index contributed by atoms with van der Waals surface area (Å²) in [6.45, 7) is 5.74. The molecule has 0 unspecified atom stereocenters. The Balaban J connectivity index is 1.43. The lowest BCUT2D eigenvalue weighted by molar-refractivity contribution is -0.126. The fraction of sp³-hybridized carbons (Fsp3) is 0.435. The van der Waals surface area contributed by atoms with Crippen molar-refractivity contribution >= 4 is 11.6 Å². The van der Waals surface area contributed by atoms with E-state index in [9.17, 15) is 4.79 Å². The van der Waals surface area contributed by atoms with Crippen LogP contribution in [0.5, 0.6) is 0 Å². The van der Waals surface area contributed by atoms with Crippen LogP contribution in [0.25, 0.3) is 0 Å². The Morgan fingerprint density at radius 2 is 1.74 bits per heavy atom. The van der Waals surface area contributed by atoms with Crippen molar-refractivity contribution in [3.63, 3.8) is 0 Å². The average Bonchev–Trinajstić information content (AvgIpc) is 2.69. The second-order valence-corrected chi connectivity index (χ2v) is 7.76. The van der Waals surface area contributed by atoms with Gasteiger partial charge < -0.3 is 10.2 Å². The Hall–Kier alpha value is -2.33. The van der Waals surface area contributed by atoms with Crippen LogP contribution in [0.1, 0.15) is 29.5 Å². The first kappa shape index (κ1) is 19.4. The minimum absolute atomic E-state index is 0.138. The van der Waals surface area contributed by atoms with Gasteiger partial charge >= 0.3 is 0 Å². The zero-order chi connectivity index (χ0) is 19.2. The molecule has 1 saturated heterocycles. The molecular weight excluding hydrogens is 334 g/mol. The number of likely N-dealkylation sites (tertiary alicyclic amines) is 1. The fourth-order valence-electron chi connectivity index (χ4n) is 3.63. The summed E-state index contributed by atoms with van der Waals surface area (Å²) in [5.74, 6) is 0.335. The van der Waals surface area contributed by atoms with Crippen molar-refractivity contribution in [1.82, 2.24) is 10.2 Å². The smallest absolute Gasteiger partial charge is 0.223 e. The van der Waals surface area contributed by atoms with Crippen LogP contribution in [0.4, 0.5) is 5.69 Å². The standard InChI is InChI=1S/C23H31N3O/c1-18-6-4-5-7-21(18)17-26-14-12-20(13-15-26)23(27)24-16-19-8-10-22(11-9-19)25(2)3/h4-11,20H,12-17H2,1-3H3,(H,24,27). The number of rotatable bonds is 6. The number of amides is 1. The highest BCUT2D eigenvalue weighted by Gasteiger charge is 2.24. The van der Waals surface area contributed by atoms with Gasteiger partial charge in [0.1, 0.15) is 0 Å². The molecule has 1 aliphatic heterocycles. The van der Waals surface area contributed by atoms with Crippen molar-refractivity contribution in [1.29, 1.82) is 0 Å². The number of benzene rings is 2. The normalized spacial score (nSPS) is 15.5. The molecule has 1 heterocycles. The van der Waals surface area contributed by atoms with Crippen LogP contribution < -0.4 is 10.2 Å². The summed E-state index contributed by atoms with van der Waals surface area (Å²) < 4.78 is 0. The van der Waals surface area contributed by atoms with Gasteiger partial charge in [-0.3, -0.25) is 9.69 Å². The van der Waals surface area contributed by atoms with Crippen LogP contribution >= 0.6 is 0 Å². The lowest BCUT2D eigenvalue weighted by Crippen LogP contribution is -2.40. The van der Waals surface area contributed by atoms with Crippen molar-refractivity contribution in [3.05, 3.63) is 65.2 Å². The summed E-state index contributed by atoms with van der Waals surface area (Å²) in [7, 11) is 4.06. The molecule has 0 aliphatic carbocycles. The first-order valence-electron chi connectivity index (χ1n) is 9.84. The number of carbonyl (C=O) groups excluding carboxylic acids is 1. The SMILES string of the molecule is Cc1ccccc1CN1CCC(C(=O)NCc2ccc(N(C)C)cc2)CC1. The van der Waals surface area contributed by atoms with E-state index in [2.05, 4.69) is 70.6 Å². The van der Waals surface area contributed by atoms with Gasteiger partial charge in [-0.25, -0.2) is 0 Å². The number of anilines is 1. The van der Waals surface area contributed by atoms with Crippen LogP contribution in [-0.4, -0.2) is 38.0 Å². The maximum atomic E-state index is 12.5. The Labute approximate surface area is 163 Å². The Morgan fingerprint density at radius 1 is 1.07 bits per heavy atom. The third-order valence-electron chi connectivity index (χ3n) is 5.53. The summed E-state index contributed by atoms with van der Waals surface area (Å²) in [4.78, 5) is 17.1. The average molecular weight is 366 g/mol. The molecule has 4 heteroatoms. The van der Waals surface area contributed by atoms with Gasteiger partial charge in [0.15, 0.2) is 0 Å². The zero-order valence-corrected chi connectivity index (χ0v) is 16.7. The first-order valence-corrected chi connectivity index (χ1v) is 9.84. The molecule has 0 aromatic heterocycles. The van der Waals surface area contributed by atoms with Gasteiger partial charge in [0.05, 0.1) is 0 Å². The Kier molecular flexibility index (Phi) is 6.51. The van der Waals surface area contributed by atoms with E-state index in [1.54, 1.807) is 0 Å². The van der Waals surface area contributed by atoms with E-state index >= 15 is 0 Å². The molecule has 1 amide bonds. The van der Waals surface area contributed by atoms with E-state index in [-0.39, 0.29) is 11.8 Å². The monoisotopic (exact) mass is 365 g/mol. The highest BCUT2D eigenvalue weighted by atomic mass is 16.1. The van der Waals surface area contributed by atoms with Gasteiger partial charge in [-0.2, -0.15) is 0 Å². The second kappa shape index (κ2) is 9.05. The molecule has 0 spiro atoms. The number of nitrogens with one attached hydrogen (secondary N) is 1. The molecule has 3 rings (SSSR count). The molecule has 27 heavy (non-hydrogen) atoms. The molecule has 2 aromatic rings. The summed E-state index contributed by atoms with van der Waals surface area (Å²) >= 11 is 0. The maximum absolute atomic E-state index is 12.5. The molecule has 1 N–H and O–H groups in total. The number of carbonyl (C=O) groups is 1. The summed E-state index contributed by atoms with van der Waals surface area (Å²) in [6.07, 6.45) is 1.88. The lowest BCUT2D eigenvalue weighted by Gasteiger charge is -2.31. The van der Waals surface area contributed by atoms with Crippen molar-refractivity contribution in [2.24, 2.45) is 5.92 Å². The van der Waals surface area contributed by atoms with Gasteiger partial charge in [0, 0.05) is 38.8 Å². The molecule has 144 valence electrons. The molecule has 2 aromatic carbocycles. The summed E-state index contributed by atoms with van der Waals surface area (Å²) in [5, 5.41) is 3.12. The van der Waals surface area contributed by atoms with Crippen LogP contribution in [0.15, 0.2) is 48.5 Å². The van der Waals surface area contributed by atoms with E-state index < -0.39 is 0 Å². The van der Waals surface area contributed by atoms with Gasteiger partial charge in [0.25, 0.3) is 0 Å². The number of nitrogens with zero attached hydrogens (tertiary/aromatic N) is 2. The first-order chi connectivity index (χ1) is 13.0. The van der Waals surface area contributed by atoms with Gasteiger partial charge in [0.2, 0.25) is 5.91 Å². The maximum Gasteiger partial charge on any atom is 0.223 e. The van der Waals surface area contributed by atoms with Gasteiger partial charge in [-0.15, -0.1) is 0 Å². The van der Waals surface area contributed by atoms with Crippen LogP contribution in [0, 0.1) is 12.8 Å². The summed E-state index contributed by atoms with van der Waals surface area (Å²) in [5.41, 5.74) is 5.05. The van der Waals surface area contributed by atoms with E-state index in [1.165, 1.54) is 16.8 Å². The molecule has 0 saturated carbocycles. The van der Waals surface area contributed by atoms with Crippen LogP contribution in [-0.2, 0) is 17.9 Å². The van der Waals surface area contributed by atoms with Crippen molar-refractivity contribution in [2.45, 2.75) is 32.9 Å². The number of aryl methyl sites for hydroxylation is 1. The van der Waals surface area contributed by atoms with Crippen LogP contribution in [0.3, 0.4) is 0 Å². The molecule has 0 radical (unpaired) electrons. The number of hydrogen-bond acceptors (Lipinski definition) is 3. The fourth-order valence-corrected chi connectivity index (χ4v) is 3.63. The number of hydrogen-bond donors (Lipinski definition) is 1. The van der Waals surface area contributed by atoms with Crippen LogP contribution in [0.2, 0.25) is 0 Å². The van der Waals surface area contributed by atoms with E-state index in [4.69, 9.17) is 0 Å². The van der Waals surface area contributed by atoms with Gasteiger partial charge in [-0.05, 0) is 61.7 Å². The highest BCUT2D eigenvalue weighted by Crippen LogP contribution is 2.20. The molecule has 4 nitrogen and oxygen atoms in total. The van der Waals surface area contributed by atoms with Crippen molar-refractivity contribution < 1.29 is 4.79 Å². The predicted molar refractivity (Wildman–Crippen MR) is 112 cm³/mol. The zero-order valence-electron chi connectivity index (χ0n) is 16.7. The van der Waals surface area contributed by atoms with E-state index in [1.807, 2.05) is 14.1 Å². The Morgan fingerprint density at radius 3 is 2.37 bits per heavy atom. The van der Waals surface area contributed by atoms with E-state index in [0.29, 0.717) is 6.54 Å². The predicted octanol–water partition coefficient (Wildman–Crippen LogP) is 3.59. The lowest BCUT2D eigenvalue weighted by atomic mass is 9.95. The summed E-state index contributed by atoms with van der Waals surface area (Å²) in [6, 6.07) is 16.9. The number of piperidine rings is 1. The molecule has 1 fully saturated rings. The highest BCUT2D eigenvalue weighted by molar-refractivity contribution is 5.78. The van der Waals surface area contributed by atoms with E-state index in [0.717, 1.165) is 38.0 Å². The Bertz CT molecular complexity index is 746.